The number of hydrogen-bond donors (Lipinski definition) is 4. The van der Waals surface area contributed by atoms with Crippen molar-refractivity contribution in [2.75, 3.05) is 170 Å². The van der Waals surface area contributed by atoms with Crippen molar-refractivity contribution >= 4 is 59.4 Å². The Balaban J connectivity index is 1.42. The van der Waals surface area contributed by atoms with Crippen molar-refractivity contribution in [1.82, 2.24) is 60.5 Å². The van der Waals surface area contributed by atoms with Crippen LogP contribution >= 0.6 is 0 Å². The summed E-state index contributed by atoms with van der Waals surface area (Å²) < 4.78 is 0. The molecule has 2 saturated heterocycles. The second kappa shape index (κ2) is 38.0. The quantitative estimate of drug-likeness (QED) is 0.0410. The van der Waals surface area contributed by atoms with Crippen LogP contribution in [-0.2, 0) is 60.8 Å². The first-order valence-corrected chi connectivity index (χ1v) is 27.7. The van der Waals surface area contributed by atoms with Gasteiger partial charge >= 0.3 is 0 Å². The molecule has 2 heterocycles. The third-order valence-corrected chi connectivity index (χ3v) is 14.2. The fourth-order valence-electron chi connectivity index (χ4n) is 9.51. The van der Waals surface area contributed by atoms with E-state index in [0.717, 1.165) is 11.1 Å². The maximum Gasteiger partial charge on any atom is 0.239 e. The molecule has 0 aliphatic carbocycles. The Bertz CT molecular complexity index is 2110. The summed E-state index contributed by atoms with van der Waals surface area (Å²) in [6, 6.07) is 4.32. The van der Waals surface area contributed by atoms with E-state index in [9.17, 15) is 78.6 Å². The molecule has 0 radical (unpaired) electrons. The van der Waals surface area contributed by atoms with E-state index in [-0.39, 0.29) is 118 Å². The summed E-state index contributed by atoms with van der Waals surface area (Å²) >= 11 is 0. The van der Waals surface area contributed by atoms with Crippen molar-refractivity contribution in [1.29, 1.82) is 0 Å². The lowest BCUT2D eigenvalue weighted by Gasteiger charge is -2.36. The lowest BCUT2D eigenvalue weighted by atomic mass is 9.98. The van der Waals surface area contributed by atoms with E-state index >= 15 is 0 Å². The van der Waals surface area contributed by atoms with Gasteiger partial charge in [0.25, 0.3) is 0 Å². The van der Waals surface area contributed by atoms with E-state index < -0.39 is 111 Å². The summed E-state index contributed by atoms with van der Waals surface area (Å²) in [5.41, 5.74) is 2.74. The highest BCUT2D eigenvalue weighted by molar-refractivity contribution is 5.88. The number of aliphatic carboxylic acids is 6. The molecule has 0 aromatic heterocycles. The number of rotatable bonds is 30. The van der Waals surface area contributed by atoms with Gasteiger partial charge in [-0.05, 0) is 75.6 Å². The number of nitrogens with zero attached hydrogens (tertiary/aromatic N) is 8. The third kappa shape index (κ3) is 29.7. The number of carbonyl (C=O) groups is 10. The molecule has 0 spiro atoms. The molecular formula is C54H80N12O16-6. The van der Waals surface area contributed by atoms with Gasteiger partial charge in [-0.2, -0.15) is 0 Å². The average molecular weight is 1150 g/mol. The molecular weight excluding hydrogens is 1070 g/mol. The van der Waals surface area contributed by atoms with Crippen LogP contribution in [0, 0.1) is 12.3 Å². The first-order valence-electron chi connectivity index (χ1n) is 27.7. The van der Waals surface area contributed by atoms with Crippen LogP contribution in [-0.4, -0.2) is 281 Å². The maximum atomic E-state index is 13.3. The van der Waals surface area contributed by atoms with Crippen LogP contribution < -0.4 is 51.9 Å². The van der Waals surface area contributed by atoms with Gasteiger partial charge < -0.3 is 80.7 Å². The normalized spacial score (nSPS) is 17.7. The second-order valence-corrected chi connectivity index (χ2v) is 20.5. The fourth-order valence-corrected chi connectivity index (χ4v) is 9.51. The minimum atomic E-state index is -1.33. The number of carboxylic acids is 6. The predicted molar refractivity (Wildman–Crippen MR) is 283 cm³/mol. The van der Waals surface area contributed by atoms with Gasteiger partial charge in [-0.1, -0.05) is 12.0 Å². The molecule has 2 fully saturated rings. The number of aryl methyl sites for hydroxylation is 2. The van der Waals surface area contributed by atoms with Crippen molar-refractivity contribution in [3.05, 3.63) is 34.9 Å². The van der Waals surface area contributed by atoms with Gasteiger partial charge in [-0.15, -0.1) is 6.42 Å². The summed E-state index contributed by atoms with van der Waals surface area (Å²) in [6.45, 7) is 3.39. The minimum Gasteiger partial charge on any atom is -0.549 e. The summed E-state index contributed by atoms with van der Waals surface area (Å²) in [6.07, 6.45) is 9.81. The van der Waals surface area contributed by atoms with E-state index in [0.29, 0.717) is 57.2 Å². The van der Waals surface area contributed by atoms with Crippen molar-refractivity contribution in [2.45, 2.75) is 64.5 Å². The fraction of sp³-hybridized carbons (Fsp3) is 0.667. The molecule has 0 bridgehead atoms. The number of hydrogen-bond acceptors (Lipinski definition) is 24. The van der Waals surface area contributed by atoms with E-state index in [1.807, 2.05) is 12.1 Å². The van der Waals surface area contributed by atoms with Gasteiger partial charge in [0.05, 0.1) is 61.0 Å². The van der Waals surface area contributed by atoms with Crippen LogP contribution in [0.5, 0.6) is 0 Å². The predicted octanol–water partition coefficient (Wildman–Crippen LogP) is -11.5. The summed E-state index contributed by atoms with van der Waals surface area (Å²) in [7, 11) is 0. The topological polar surface area (TPSA) is 383 Å². The van der Waals surface area contributed by atoms with Gasteiger partial charge in [-0.25, -0.2) is 0 Å². The van der Waals surface area contributed by atoms with Crippen LogP contribution in [0.2, 0.25) is 0 Å². The maximum absolute atomic E-state index is 13.3. The molecule has 4 N–H and O–H groups in total. The molecule has 4 amide bonds. The summed E-state index contributed by atoms with van der Waals surface area (Å²) in [4.78, 5) is 134. The Hall–Kier alpha value is -6.84. The molecule has 2 aliphatic heterocycles. The van der Waals surface area contributed by atoms with E-state index in [4.69, 9.17) is 6.42 Å². The van der Waals surface area contributed by atoms with E-state index in [2.05, 4.69) is 33.3 Å². The Morgan fingerprint density at radius 2 is 0.671 bits per heavy atom. The lowest BCUT2D eigenvalue weighted by Crippen LogP contribution is -2.54. The molecule has 2 atom stereocenters. The molecule has 28 heteroatoms. The van der Waals surface area contributed by atoms with Crippen LogP contribution in [0.1, 0.15) is 56.2 Å². The first kappa shape index (κ1) is 69.4. The Morgan fingerprint density at radius 3 is 0.915 bits per heavy atom. The van der Waals surface area contributed by atoms with Crippen LogP contribution in [0.15, 0.2) is 18.2 Å². The number of carbonyl (C=O) groups excluding carboxylic acids is 10. The van der Waals surface area contributed by atoms with E-state index in [1.54, 1.807) is 43.2 Å². The number of nitrogens with one attached hydrogen (secondary N) is 4. The minimum absolute atomic E-state index is 0.155. The highest BCUT2D eigenvalue weighted by Gasteiger charge is 2.27. The molecule has 2 unspecified atom stereocenters. The van der Waals surface area contributed by atoms with Crippen molar-refractivity contribution < 1.29 is 78.6 Å². The monoisotopic (exact) mass is 1150 g/mol. The zero-order valence-electron chi connectivity index (χ0n) is 47.2. The number of amides is 4. The van der Waals surface area contributed by atoms with Crippen molar-refractivity contribution in [2.24, 2.45) is 0 Å². The summed E-state index contributed by atoms with van der Waals surface area (Å²) in [5.74, 6) is -7.08. The largest absolute Gasteiger partial charge is 0.549 e. The van der Waals surface area contributed by atoms with Crippen LogP contribution in [0.3, 0.4) is 0 Å². The smallest absolute Gasteiger partial charge is 0.239 e. The lowest BCUT2D eigenvalue weighted by molar-refractivity contribution is -0.308. The van der Waals surface area contributed by atoms with Crippen molar-refractivity contribution in [3.8, 4) is 12.3 Å². The van der Waals surface area contributed by atoms with Gasteiger partial charge in [-0.3, -0.25) is 58.4 Å². The third-order valence-electron chi connectivity index (χ3n) is 14.2. The van der Waals surface area contributed by atoms with E-state index in [1.165, 1.54) is 9.80 Å². The second-order valence-electron chi connectivity index (χ2n) is 20.5. The zero-order chi connectivity index (χ0) is 60.6. The average Bonchev–Trinajstić information content (AvgIpc) is 3.43. The van der Waals surface area contributed by atoms with Gasteiger partial charge in [0.1, 0.15) is 0 Å². The molecule has 458 valence electrons. The Morgan fingerprint density at radius 1 is 0.415 bits per heavy atom. The number of benzene rings is 1. The Labute approximate surface area is 479 Å². The number of carboxylic acid groups (broad SMARTS) is 6. The zero-order valence-corrected chi connectivity index (χ0v) is 47.2. The highest BCUT2D eigenvalue weighted by Crippen LogP contribution is 2.15. The van der Waals surface area contributed by atoms with Crippen molar-refractivity contribution in [3.63, 3.8) is 0 Å². The number of unbranched alkanes of at least 4 members (excludes halogenated alkanes) is 2. The van der Waals surface area contributed by atoms with Gasteiger partial charge in [0.2, 0.25) is 23.6 Å². The van der Waals surface area contributed by atoms with Crippen LogP contribution in [0.4, 0.5) is 0 Å². The van der Waals surface area contributed by atoms with Gasteiger partial charge in [0.15, 0.2) is 0 Å². The molecule has 28 nitrogen and oxygen atoms in total. The Kier molecular flexibility index (Phi) is 32.2. The van der Waals surface area contributed by atoms with Crippen LogP contribution in [0.25, 0.3) is 0 Å². The molecule has 1 aromatic rings. The molecule has 2 aliphatic rings. The molecule has 3 rings (SSSR count). The highest BCUT2D eigenvalue weighted by atomic mass is 16.4. The number of terminal acetylenes is 1. The standard InChI is InChI=1S/C54H86N12O16/c1-4-42-29-43(9-5-7-11-55-45(67)32-57-53(81)40(2)65-25-21-61(36-49(73)74)17-13-59(34-47(69)70)14-18-62(22-26-65)37-50(75)76)31-44(30-42)10-6-8-12-56-46(68)33-58-54(82)41(3)66-27-23-63(38-51(77)78)19-15-60(35-48(71)72)16-20-64(24-28-66)39-52(79)80/h1,29-31,40-41H,5-28,32-39H2,2-3H3,(H,55,67)(H,56,68)(H,57,81)(H,58,82)(H,69,70)(H,71,72)(H,73,74)(H,75,76)(H,77,78)(H,79,80)/p-6. The summed E-state index contributed by atoms with van der Waals surface area (Å²) in [5, 5.41) is 79.8. The molecule has 0 saturated carbocycles. The first-order chi connectivity index (χ1) is 39.0. The SMILES string of the molecule is C#Cc1cc(CCCCNC(=O)CNC(=O)C(C)N2CCN(CC(=O)[O-])CCN(CC(=O)[O-])CCN(CC(=O)[O-])CC2)cc(CCCCNC(=O)CNC(=O)C(C)N2CCN(CC(=O)[O-])CCN(CC(=O)[O-])CCN(CC(=O)[O-])CC2)c1. The molecule has 82 heavy (non-hydrogen) atoms. The molecule has 1 aromatic carbocycles. The van der Waals surface area contributed by atoms with Gasteiger partial charge in [0, 0.05) is 163 Å².